The zero-order valence-corrected chi connectivity index (χ0v) is 12.2. The Kier molecular flexibility index (Phi) is 4.38. The summed E-state index contributed by atoms with van der Waals surface area (Å²) in [4.78, 5) is 20.4. The van der Waals surface area contributed by atoms with E-state index in [2.05, 4.69) is 15.3 Å². The van der Waals surface area contributed by atoms with Crippen molar-refractivity contribution in [2.24, 2.45) is 0 Å². The number of carbonyl (C=O) groups is 1. The SMILES string of the molecule is O=C(NCc1ccnc(-c2cccnc2)c1)c1ccccc1F. The summed E-state index contributed by atoms with van der Waals surface area (Å²) in [5, 5.41) is 2.71. The van der Waals surface area contributed by atoms with E-state index in [1.807, 2.05) is 24.3 Å². The summed E-state index contributed by atoms with van der Waals surface area (Å²) >= 11 is 0. The lowest BCUT2D eigenvalue weighted by Crippen LogP contribution is -2.23. The van der Waals surface area contributed by atoms with Gasteiger partial charge in [-0.05, 0) is 42.0 Å². The first-order chi connectivity index (χ1) is 11.2. The van der Waals surface area contributed by atoms with Gasteiger partial charge in [0.25, 0.3) is 5.91 Å². The molecule has 0 bridgehead atoms. The number of nitrogens with zero attached hydrogens (tertiary/aromatic N) is 2. The van der Waals surface area contributed by atoms with E-state index >= 15 is 0 Å². The molecule has 23 heavy (non-hydrogen) atoms. The normalized spacial score (nSPS) is 10.3. The molecule has 3 rings (SSSR count). The van der Waals surface area contributed by atoms with Crippen LogP contribution >= 0.6 is 0 Å². The van der Waals surface area contributed by atoms with Crippen LogP contribution < -0.4 is 5.32 Å². The molecule has 3 aromatic rings. The molecule has 2 heterocycles. The topological polar surface area (TPSA) is 54.9 Å². The molecule has 1 amide bonds. The summed E-state index contributed by atoms with van der Waals surface area (Å²) in [6, 6.07) is 13.3. The van der Waals surface area contributed by atoms with Crippen LogP contribution in [-0.4, -0.2) is 15.9 Å². The van der Waals surface area contributed by atoms with Crippen molar-refractivity contribution < 1.29 is 9.18 Å². The van der Waals surface area contributed by atoms with Gasteiger partial charge in [0, 0.05) is 30.7 Å². The number of pyridine rings is 2. The molecule has 0 aliphatic heterocycles. The summed E-state index contributed by atoms with van der Waals surface area (Å²) in [6.07, 6.45) is 5.10. The minimum atomic E-state index is -0.532. The Bertz CT molecular complexity index is 821. The van der Waals surface area contributed by atoms with E-state index in [0.717, 1.165) is 16.8 Å². The van der Waals surface area contributed by atoms with Gasteiger partial charge in [0.15, 0.2) is 0 Å². The highest BCUT2D eigenvalue weighted by Gasteiger charge is 2.10. The summed E-state index contributed by atoms with van der Waals surface area (Å²) in [5.41, 5.74) is 2.59. The van der Waals surface area contributed by atoms with E-state index < -0.39 is 11.7 Å². The van der Waals surface area contributed by atoms with Gasteiger partial charge in [-0.25, -0.2) is 4.39 Å². The van der Waals surface area contributed by atoms with Crippen LogP contribution in [0.5, 0.6) is 0 Å². The maximum Gasteiger partial charge on any atom is 0.254 e. The third-order valence-electron chi connectivity index (χ3n) is 3.35. The number of aromatic nitrogens is 2. The van der Waals surface area contributed by atoms with Gasteiger partial charge >= 0.3 is 0 Å². The predicted octanol–water partition coefficient (Wildman–Crippen LogP) is 3.21. The maximum atomic E-state index is 13.6. The second-order valence-electron chi connectivity index (χ2n) is 4.95. The average molecular weight is 307 g/mol. The van der Waals surface area contributed by atoms with Crippen LogP contribution in [0.3, 0.4) is 0 Å². The Balaban J connectivity index is 1.72. The van der Waals surface area contributed by atoms with E-state index in [4.69, 9.17) is 0 Å². The van der Waals surface area contributed by atoms with Crippen molar-refractivity contribution in [3.8, 4) is 11.3 Å². The molecule has 2 aromatic heterocycles. The minimum absolute atomic E-state index is 0.0361. The lowest BCUT2D eigenvalue weighted by Gasteiger charge is -2.07. The Labute approximate surface area is 133 Å². The summed E-state index contributed by atoms with van der Waals surface area (Å²) in [6.45, 7) is 0.295. The zero-order chi connectivity index (χ0) is 16.1. The number of rotatable bonds is 4. The second kappa shape index (κ2) is 6.79. The summed E-state index contributed by atoms with van der Waals surface area (Å²) < 4.78 is 13.6. The first-order valence-electron chi connectivity index (χ1n) is 7.12. The number of amides is 1. The molecule has 114 valence electrons. The third-order valence-corrected chi connectivity index (χ3v) is 3.35. The molecule has 1 N–H and O–H groups in total. The molecular formula is C18H14FN3O. The molecule has 0 aliphatic rings. The second-order valence-corrected chi connectivity index (χ2v) is 4.95. The van der Waals surface area contributed by atoms with Crippen LogP contribution in [-0.2, 0) is 6.54 Å². The lowest BCUT2D eigenvalue weighted by atomic mass is 10.1. The zero-order valence-electron chi connectivity index (χ0n) is 12.2. The molecule has 0 unspecified atom stereocenters. The first-order valence-corrected chi connectivity index (χ1v) is 7.12. The monoisotopic (exact) mass is 307 g/mol. The van der Waals surface area contributed by atoms with Crippen LogP contribution in [0.15, 0.2) is 67.1 Å². The van der Waals surface area contributed by atoms with Crippen LogP contribution in [0.4, 0.5) is 4.39 Å². The van der Waals surface area contributed by atoms with Gasteiger partial charge in [-0.2, -0.15) is 0 Å². The van der Waals surface area contributed by atoms with Crippen molar-refractivity contribution >= 4 is 5.91 Å². The number of hydrogen-bond acceptors (Lipinski definition) is 3. The molecule has 4 nitrogen and oxygen atoms in total. The number of carbonyl (C=O) groups excluding carboxylic acids is 1. The molecule has 0 spiro atoms. The van der Waals surface area contributed by atoms with Gasteiger partial charge in [0.05, 0.1) is 11.3 Å². The number of halogens is 1. The van der Waals surface area contributed by atoms with Crippen molar-refractivity contribution in [1.29, 1.82) is 0 Å². The van der Waals surface area contributed by atoms with Crippen LogP contribution in [0.25, 0.3) is 11.3 Å². The van der Waals surface area contributed by atoms with E-state index in [9.17, 15) is 9.18 Å². The number of hydrogen-bond donors (Lipinski definition) is 1. The van der Waals surface area contributed by atoms with Gasteiger partial charge in [-0.3, -0.25) is 14.8 Å². The molecule has 0 radical (unpaired) electrons. The van der Waals surface area contributed by atoms with Crippen molar-refractivity contribution in [2.45, 2.75) is 6.54 Å². The van der Waals surface area contributed by atoms with E-state index in [-0.39, 0.29) is 5.56 Å². The molecule has 0 fully saturated rings. The van der Waals surface area contributed by atoms with Crippen molar-refractivity contribution in [3.63, 3.8) is 0 Å². The Morgan fingerprint density at radius 3 is 2.74 bits per heavy atom. The summed E-state index contributed by atoms with van der Waals surface area (Å²) in [5.74, 6) is -0.974. The molecule has 0 atom stereocenters. The molecule has 0 aliphatic carbocycles. The van der Waals surface area contributed by atoms with Gasteiger partial charge in [0.2, 0.25) is 0 Å². The smallest absolute Gasteiger partial charge is 0.254 e. The third kappa shape index (κ3) is 3.58. The highest BCUT2D eigenvalue weighted by molar-refractivity contribution is 5.94. The van der Waals surface area contributed by atoms with Gasteiger partial charge in [0.1, 0.15) is 5.82 Å². The highest BCUT2D eigenvalue weighted by Crippen LogP contribution is 2.16. The van der Waals surface area contributed by atoms with Gasteiger partial charge in [-0.1, -0.05) is 12.1 Å². The number of nitrogens with one attached hydrogen (secondary N) is 1. The van der Waals surface area contributed by atoms with Gasteiger partial charge < -0.3 is 5.32 Å². The predicted molar refractivity (Wildman–Crippen MR) is 85.0 cm³/mol. The Hall–Kier alpha value is -3.08. The van der Waals surface area contributed by atoms with Gasteiger partial charge in [-0.15, -0.1) is 0 Å². The molecule has 0 saturated heterocycles. The fourth-order valence-electron chi connectivity index (χ4n) is 2.18. The average Bonchev–Trinajstić information content (AvgIpc) is 2.61. The Morgan fingerprint density at radius 1 is 1.09 bits per heavy atom. The lowest BCUT2D eigenvalue weighted by molar-refractivity contribution is 0.0947. The summed E-state index contributed by atoms with van der Waals surface area (Å²) in [7, 11) is 0. The van der Waals surface area contributed by atoms with Crippen molar-refractivity contribution in [2.75, 3.05) is 0 Å². The molecule has 1 aromatic carbocycles. The maximum absolute atomic E-state index is 13.6. The standard InChI is InChI=1S/C18H14FN3O/c19-16-6-2-1-5-15(16)18(23)22-11-13-7-9-21-17(10-13)14-4-3-8-20-12-14/h1-10,12H,11H2,(H,22,23). The molecule has 5 heteroatoms. The fraction of sp³-hybridized carbons (Fsp3) is 0.0556. The van der Waals surface area contributed by atoms with E-state index in [1.54, 1.807) is 30.7 Å². The van der Waals surface area contributed by atoms with Crippen LogP contribution in [0.2, 0.25) is 0 Å². The number of benzene rings is 1. The van der Waals surface area contributed by atoms with Crippen LogP contribution in [0.1, 0.15) is 15.9 Å². The van der Waals surface area contributed by atoms with Crippen molar-refractivity contribution in [3.05, 3.63) is 84.1 Å². The molecule has 0 saturated carbocycles. The first kappa shape index (κ1) is 14.8. The van der Waals surface area contributed by atoms with E-state index in [0.29, 0.717) is 6.54 Å². The highest BCUT2D eigenvalue weighted by atomic mass is 19.1. The minimum Gasteiger partial charge on any atom is -0.348 e. The Morgan fingerprint density at radius 2 is 1.96 bits per heavy atom. The van der Waals surface area contributed by atoms with Crippen LogP contribution in [0, 0.1) is 5.82 Å². The van der Waals surface area contributed by atoms with E-state index in [1.165, 1.54) is 12.1 Å². The quantitative estimate of drug-likeness (QED) is 0.805. The largest absolute Gasteiger partial charge is 0.348 e. The molecular weight excluding hydrogens is 293 g/mol. The fourth-order valence-corrected chi connectivity index (χ4v) is 2.18. The van der Waals surface area contributed by atoms with Crippen molar-refractivity contribution in [1.82, 2.24) is 15.3 Å².